The summed E-state index contributed by atoms with van der Waals surface area (Å²) in [5.74, 6) is 0.964. The molecule has 1 heterocycles. The van der Waals surface area contributed by atoms with Crippen molar-refractivity contribution < 1.29 is 4.52 Å². The van der Waals surface area contributed by atoms with Crippen LogP contribution in [0.25, 0.3) is 0 Å². The fourth-order valence-corrected chi connectivity index (χ4v) is 1.68. The topological polar surface area (TPSA) is 26.0 Å². The summed E-state index contributed by atoms with van der Waals surface area (Å²) in [6.45, 7) is 1.88. The second-order valence-corrected chi connectivity index (χ2v) is 3.61. The maximum absolute atomic E-state index is 6.11. The van der Waals surface area contributed by atoms with Crippen molar-refractivity contribution >= 4 is 11.6 Å². The highest BCUT2D eigenvalue weighted by atomic mass is 35.5. The summed E-state index contributed by atoms with van der Waals surface area (Å²) in [5.41, 5.74) is 0.901. The van der Waals surface area contributed by atoms with Gasteiger partial charge in [0.1, 0.15) is 5.76 Å². The van der Waals surface area contributed by atoms with Gasteiger partial charge in [-0.3, -0.25) is 0 Å². The highest BCUT2D eigenvalue weighted by molar-refractivity contribution is 6.22. The van der Waals surface area contributed by atoms with Crippen LogP contribution in [0.3, 0.4) is 0 Å². The number of nitrogens with zero attached hydrogens (tertiary/aromatic N) is 1. The van der Waals surface area contributed by atoms with Gasteiger partial charge >= 0.3 is 0 Å². The lowest BCUT2D eigenvalue weighted by molar-refractivity contribution is 0.388. The molecule has 0 aliphatic heterocycles. The lowest BCUT2D eigenvalue weighted by Crippen LogP contribution is -2.10. The van der Waals surface area contributed by atoms with E-state index in [0.29, 0.717) is 0 Å². The van der Waals surface area contributed by atoms with Crippen molar-refractivity contribution in [2.75, 3.05) is 0 Å². The van der Waals surface area contributed by atoms with Gasteiger partial charge < -0.3 is 4.52 Å². The van der Waals surface area contributed by atoms with E-state index in [1.54, 1.807) is 0 Å². The highest BCUT2D eigenvalue weighted by Crippen LogP contribution is 2.28. The van der Waals surface area contributed by atoms with E-state index in [0.717, 1.165) is 11.5 Å². The number of hydrogen-bond donors (Lipinski definition) is 0. The van der Waals surface area contributed by atoms with E-state index < -0.39 is 0 Å². The second-order valence-electron chi connectivity index (χ2n) is 3.10. The molecule has 2 unspecified atom stereocenters. The van der Waals surface area contributed by atoms with Crippen LogP contribution in [0.15, 0.2) is 34.9 Å². The number of alkyl halides is 1. The number of rotatable bonds is 1. The Morgan fingerprint density at radius 2 is 2.15 bits per heavy atom. The normalized spacial score (nSPS) is 26.6. The van der Waals surface area contributed by atoms with E-state index in [-0.39, 0.29) is 11.3 Å². The molecule has 1 aromatic heterocycles. The van der Waals surface area contributed by atoms with Crippen LogP contribution in [0.4, 0.5) is 0 Å². The Hall–Kier alpha value is -1.02. The zero-order valence-corrected chi connectivity index (χ0v) is 8.03. The molecule has 0 aromatic carbocycles. The predicted octanol–water partition coefficient (Wildman–Crippen LogP) is 2.80. The molecule has 0 amide bonds. The van der Waals surface area contributed by atoms with Gasteiger partial charge in [-0.25, -0.2) is 0 Å². The molecule has 2 nitrogen and oxygen atoms in total. The quantitative estimate of drug-likeness (QED) is 0.644. The minimum Gasteiger partial charge on any atom is -0.361 e. The van der Waals surface area contributed by atoms with Crippen molar-refractivity contribution in [3.63, 3.8) is 0 Å². The van der Waals surface area contributed by atoms with Gasteiger partial charge in [0.2, 0.25) is 0 Å². The Morgan fingerprint density at radius 3 is 2.77 bits per heavy atom. The number of aromatic nitrogens is 1. The fraction of sp³-hybridized carbons (Fsp3) is 0.300. The van der Waals surface area contributed by atoms with Gasteiger partial charge in [0.25, 0.3) is 0 Å². The van der Waals surface area contributed by atoms with Crippen LogP contribution in [0, 0.1) is 6.92 Å². The molecule has 1 aromatic rings. The Morgan fingerprint density at radius 1 is 1.38 bits per heavy atom. The van der Waals surface area contributed by atoms with E-state index in [2.05, 4.69) is 5.16 Å². The average molecular weight is 196 g/mol. The highest BCUT2D eigenvalue weighted by Gasteiger charge is 2.20. The summed E-state index contributed by atoms with van der Waals surface area (Å²) in [7, 11) is 0. The molecule has 0 N–H and O–H groups in total. The molecule has 13 heavy (non-hydrogen) atoms. The molecule has 3 heteroatoms. The Labute approximate surface area is 81.9 Å². The third-order valence-corrected chi connectivity index (χ3v) is 2.47. The van der Waals surface area contributed by atoms with E-state index in [4.69, 9.17) is 16.1 Å². The monoisotopic (exact) mass is 195 g/mol. The smallest absolute Gasteiger partial charge is 0.133 e. The third-order valence-electron chi connectivity index (χ3n) is 2.06. The number of halogens is 1. The van der Waals surface area contributed by atoms with Gasteiger partial charge in [0.15, 0.2) is 0 Å². The van der Waals surface area contributed by atoms with E-state index in [1.165, 1.54) is 0 Å². The van der Waals surface area contributed by atoms with Gasteiger partial charge in [-0.2, -0.15) is 0 Å². The van der Waals surface area contributed by atoms with Crippen molar-refractivity contribution in [2.24, 2.45) is 0 Å². The van der Waals surface area contributed by atoms with Crippen LogP contribution in [0.5, 0.6) is 0 Å². The molecule has 1 aliphatic carbocycles. The van der Waals surface area contributed by atoms with Crippen molar-refractivity contribution in [1.29, 1.82) is 0 Å². The van der Waals surface area contributed by atoms with Crippen LogP contribution >= 0.6 is 11.6 Å². The zero-order chi connectivity index (χ0) is 9.26. The van der Waals surface area contributed by atoms with E-state index in [9.17, 15) is 0 Å². The largest absolute Gasteiger partial charge is 0.361 e. The maximum Gasteiger partial charge on any atom is 0.133 e. The first-order valence-electron chi connectivity index (χ1n) is 4.19. The minimum absolute atomic E-state index is 0.0190. The summed E-state index contributed by atoms with van der Waals surface area (Å²) in [6.07, 6.45) is 7.92. The SMILES string of the molecule is Cc1cc(C2C=CC=CC2Cl)no1. The Bertz CT molecular complexity index is 354. The molecular weight excluding hydrogens is 186 g/mol. The molecule has 0 radical (unpaired) electrons. The molecular formula is C10H10ClNO. The Balaban J connectivity index is 2.26. The molecule has 1 aliphatic rings. The summed E-state index contributed by atoms with van der Waals surface area (Å²) >= 11 is 6.11. The van der Waals surface area contributed by atoms with Crippen LogP contribution in [0.1, 0.15) is 17.4 Å². The number of aryl methyl sites for hydroxylation is 1. The second kappa shape index (κ2) is 3.38. The summed E-state index contributed by atoms with van der Waals surface area (Å²) in [5, 5.41) is 3.93. The molecule has 0 bridgehead atoms. The minimum atomic E-state index is -0.0190. The lowest BCUT2D eigenvalue weighted by Gasteiger charge is -2.14. The molecule has 0 spiro atoms. The standard InChI is InChI=1S/C10H10ClNO/c1-7-6-10(12-13-7)8-4-2-3-5-9(8)11/h2-6,8-9H,1H3. The summed E-state index contributed by atoms with van der Waals surface area (Å²) in [6, 6.07) is 1.92. The van der Waals surface area contributed by atoms with Gasteiger partial charge in [-0.15, -0.1) is 11.6 Å². The average Bonchev–Trinajstić information content (AvgIpc) is 2.53. The number of hydrogen-bond acceptors (Lipinski definition) is 2. The summed E-state index contributed by atoms with van der Waals surface area (Å²) < 4.78 is 5.00. The molecule has 0 saturated carbocycles. The fourth-order valence-electron chi connectivity index (χ4n) is 1.38. The third kappa shape index (κ3) is 1.68. The van der Waals surface area contributed by atoms with Gasteiger partial charge in [0.05, 0.1) is 11.1 Å². The van der Waals surface area contributed by atoms with E-state index in [1.807, 2.05) is 37.3 Å². The van der Waals surface area contributed by atoms with Gasteiger partial charge in [-0.05, 0) is 6.92 Å². The predicted molar refractivity (Wildman–Crippen MR) is 51.9 cm³/mol. The van der Waals surface area contributed by atoms with Crippen molar-refractivity contribution in [2.45, 2.75) is 18.2 Å². The van der Waals surface area contributed by atoms with Crippen molar-refractivity contribution in [3.8, 4) is 0 Å². The molecule has 0 fully saturated rings. The lowest BCUT2D eigenvalue weighted by atomic mass is 9.97. The van der Waals surface area contributed by atoms with Crippen LogP contribution < -0.4 is 0 Å². The first kappa shape index (κ1) is 8.57. The van der Waals surface area contributed by atoms with Crippen LogP contribution in [-0.4, -0.2) is 10.5 Å². The van der Waals surface area contributed by atoms with Crippen LogP contribution in [-0.2, 0) is 0 Å². The molecule has 68 valence electrons. The van der Waals surface area contributed by atoms with Gasteiger partial charge in [0, 0.05) is 12.0 Å². The Kier molecular flexibility index (Phi) is 2.23. The first-order valence-corrected chi connectivity index (χ1v) is 4.63. The maximum atomic E-state index is 6.11. The number of allylic oxidation sites excluding steroid dienone is 4. The van der Waals surface area contributed by atoms with Crippen molar-refractivity contribution in [3.05, 3.63) is 41.8 Å². The summed E-state index contributed by atoms with van der Waals surface area (Å²) in [4.78, 5) is 0. The first-order chi connectivity index (χ1) is 6.27. The van der Waals surface area contributed by atoms with Gasteiger partial charge in [-0.1, -0.05) is 29.5 Å². The zero-order valence-electron chi connectivity index (χ0n) is 7.27. The van der Waals surface area contributed by atoms with E-state index >= 15 is 0 Å². The molecule has 2 rings (SSSR count). The molecule has 2 atom stereocenters. The molecule has 0 saturated heterocycles. The van der Waals surface area contributed by atoms with Crippen molar-refractivity contribution in [1.82, 2.24) is 5.16 Å². The van der Waals surface area contributed by atoms with Crippen LogP contribution in [0.2, 0.25) is 0 Å².